The van der Waals surface area contributed by atoms with Crippen molar-refractivity contribution in [3.63, 3.8) is 0 Å². The van der Waals surface area contributed by atoms with Crippen LogP contribution in [0.1, 0.15) is 42.9 Å². The molecule has 3 heterocycles. The fourth-order valence-corrected chi connectivity index (χ4v) is 5.23. The summed E-state index contributed by atoms with van der Waals surface area (Å²) in [5.41, 5.74) is 1.49. The SMILES string of the molecule is CN1C[C@H](C(=O)Nc2cc(C3CC3)nn2C)N(C2CCN(Cc3ccc(OC(F)(F)F)c(F)c3)CC2)C1=O. The number of hydrogen-bond donors (Lipinski definition) is 1. The van der Waals surface area contributed by atoms with E-state index in [1.54, 1.807) is 28.6 Å². The number of carbonyl (C=O) groups is 2. The van der Waals surface area contributed by atoms with Crippen LogP contribution in [0.3, 0.4) is 0 Å². The van der Waals surface area contributed by atoms with Gasteiger partial charge in [-0.3, -0.25) is 14.4 Å². The summed E-state index contributed by atoms with van der Waals surface area (Å²) in [6.07, 6.45) is -1.54. The van der Waals surface area contributed by atoms with Crippen LogP contribution >= 0.6 is 0 Å². The molecule has 0 radical (unpaired) electrons. The second-order valence-corrected chi connectivity index (χ2v) is 10.2. The summed E-state index contributed by atoms with van der Waals surface area (Å²) >= 11 is 0. The van der Waals surface area contributed by atoms with Gasteiger partial charge in [-0.05, 0) is 43.4 Å². The summed E-state index contributed by atoms with van der Waals surface area (Å²) < 4.78 is 56.6. The Kier molecular flexibility index (Phi) is 6.97. The molecular weight excluding hydrogens is 508 g/mol. The number of nitrogens with one attached hydrogen (secondary N) is 1. The number of ether oxygens (including phenoxy) is 1. The summed E-state index contributed by atoms with van der Waals surface area (Å²) in [7, 11) is 3.46. The summed E-state index contributed by atoms with van der Waals surface area (Å²) in [6, 6.07) is 4.33. The highest BCUT2D eigenvalue weighted by atomic mass is 19.4. The van der Waals surface area contributed by atoms with Crippen LogP contribution in [0.2, 0.25) is 0 Å². The van der Waals surface area contributed by atoms with Crippen LogP contribution in [0.25, 0.3) is 0 Å². The normalized spacial score (nSPS) is 21.3. The number of likely N-dealkylation sites (tertiary alicyclic amines) is 1. The van der Waals surface area contributed by atoms with Gasteiger partial charge in [0, 0.05) is 51.8 Å². The molecule has 1 saturated carbocycles. The van der Waals surface area contributed by atoms with E-state index in [2.05, 4.69) is 15.2 Å². The third kappa shape index (κ3) is 5.71. The molecule has 0 unspecified atom stereocenters. The molecule has 0 bridgehead atoms. The van der Waals surface area contributed by atoms with Crippen molar-refractivity contribution in [2.75, 3.05) is 32.0 Å². The fraction of sp³-hybridized carbons (Fsp3) is 0.560. The van der Waals surface area contributed by atoms with E-state index in [1.165, 1.54) is 6.07 Å². The fourth-order valence-electron chi connectivity index (χ4n) is 5.23. The number of rotatable bonds is 7. The first-order valence-corrected chi connectivity index (χ1v) is 12.6. The first-order chi connectivity index (χ1) is 18.0. The van der Waals surface area contributed by atoms with Crippen molar-refractivity contribution >= 4 is 17.8 Å². The number of alkyl halides is 3. The Bertz CT molecular complexity index is 1210. The molecule has 2 aromatic rings. The van der Waals surface area contributed by atoms with Crippen LogP contribution in [0.4, 0.5) is 28.2 Å². The molecule has 3 amide bonds. The molecule has 38 heavy (non-hydrogen) atoms. The van der Waals surface area contributed by atoms with E-state index >= 15 is 0 Å². The largest absolute Gasteiger partial charge is 0.573 e. The van der Waals surface area contributed by atoms with Crippen molar-refractivity contribution in [2.24, 2.45) is 7.05 Å². The lowest BCUT2D eigenvalue weighted by Crippen LogP contribution is -2.52. The molecular formula is C25H30F4N6O3. The quantitative estimate of drug-likeness (QED) is 0.544. The number of urea groups is 1. The van der Waals surface area contributed by atoms with Crippen LogP contribution in [0, 0.1) is 5.82 Å². The van der Waals surface area contributed by atoms with Gasteiger partial charge >= 0.3 is 12.4 Å². The molecule has 1 aromatic carbocycles. The molecule has 1 aromatic heterocycles. The Labute approximate surface area is 217 Å². The smallest absolute Gasteiger partial charge is 0.403 e. The highest BCUT2D eigenvalue weighted by Gasteiger charge is 2.44. The Hall–Kier alpha value is -3.35. The zero-order chi connectivity index (χ0) is 27.2. The van der Waals surface area contributed by atoms with E-state index in [0.29, 0.717) is 49.8 Å². The number of aryl methyl sites for hydroxylation is 1. The number of piperidine rings is 1. The first-order valence-electron chi connectivity index (χ1n) is 12.6. The minimum absolute atomic E-state index is 0.146. The van der Waals surface area contributed by atoms with Crippen LogP contribution in [0.5, 0.6) is 5.75 Å². The van der Waals surface area contributed by atoms with E-state index in [9.17, 15) is 27.2 Å². The van der Waals surface area contributed by atoms with Gasteiger partial charge in [-0.25, -0.2) is 9.18 Å². The second kappa shape index (κ2) is 10.1. The lowest BCUT2D eigenvalue weighted by atomic mass is 10.0. The van der Waals surface area contributed by atoms with Gasteiger partial charge in [0.05, 0.1) is 12.2 Å². The molecule has 3 fully saturated rings. The maximum absolute atomic E-state index is 14.1. The van der Waals surface area contributed by atoms with Gasteiger partial charge in [-0.2, -0.15) is 5.10 Å². The van der Waals surface area contributed by atoms with Gasteiger partial charge in [-0.15, -0.1) is 13.2 Å². The number of hydrogen-bond acceptors (Lipinski definition) is 5. The molecule has 1 atom stereocenters. The number of likely N-dealkylation sites (N-methyl/N-ethyl adjacent to an activating group) is 1. The minimum atomic E-state index is -4.96. The highest BCUT2D eigenvalue weighted by Crippen LogP contribution is 2.40. The summed E-state index contributed by atoms with van der Waals surface area (Å²) in [4.78, 5) is 31.5. The summed E-state index contributed by atoms with van der Waals surface area (Å²) in [5, 5.41) is 7.43. The van der Waals surface area contributed by atoms with Crippen LogP contribution < -0.4 is 10.1 Å². The van der Waals surface area contributed by atoms with Crippen molar-refractivity contribution in [3.8, 4) is 5.75 Å². The molecule has 2 aliphatic heterocycles. The molecule has 2 saturated heterocycles. The average molecular weight is 539 g/mol. The van der Waals surface area contributed by atoms with E-state index in [-0.39, 0.29) is 24.5 Å². The zero-order valence-electron chi connectivity index (χ0n) is 21.2. The zero-order valence-corrected chi connectivity index (χ0v) is 21.2. The predicted octanol–water partition coefficient (Wildman–Crippen LogP) is 3.67. The van der Waals surface area contributed by atoms with Gasteiger partial charge in [0.1, 0.15) is 11.9 Å². The number of amides is 3. The summed E-state index contributed by atoms with van der Waals surface area (Å²) in [6.45, 7) is 1.80. The number of benzene rings is 1. The summed E-state index contributed by atoms with van der Waals surface area (Å²) in [5.74, 6) is -1.14. The van der Waals surface area contributed by atoms with E-state index in [0.717, 1.165) is 30.7 Å². The molecule has 3 aliphatic rings. The third-order valence-corrected chi connectivity index (χ3v) is 7.36. The number of anilines is 1. The Morgan fingerprint density at radius 3 is 2.47 bits per heavy atom. The van der Waals surface area contributed by atoms with E-state index < -0.39 is 24.0 Å². The van der Waals surface area contributed by atoms with Crippen molar-refractivity contribution in [2.45, 2.75) is 56.6 Å². The Morgan fingerprint density at radius 2 is 1.84 bits per heavy atom. The highest BCUT2D eigenvalue weighted by molar-refractivity contribution is 5.98. The average Bonchev–Trinajstić information content (AvgIpc) is 3.57. The molecule has 13 heteroatoms. The number of aromatic nitrogens is 2. The van der Waals surface area contributed by atoms with Crippen LogP contribution in [-0.4, -0.2) is 81.5 Å². The van der Waals surface area contributed by atoms with Crippen molar-refractivity contribution in [1.82, 2.24) is 24.5 Å². The van der Waals surface area contributed by atoms with Crippen LogP contribution in [-0.2, 0) is 18.4 Å². The molecule has 9 nitrogen and oxygen atoms in total. The Morgan fingerprint density at radius 1 is 1.13 bits per heavy atom. The van der Waals surface area contributed by atoms with Gasteiger partial charge in [0.15, 0.2) is 11.6 Å². The van der Waals surface area contributed by atoms with Gasteiger partial charge in [0.2, 0.25) is 5.91 Å². The number of nitrogens with zero attached hydrogens (tertiary/aromatic N) is 5. The van der Waals surface area contributed by atoms with Gasteiger partial charge < -0.3 is 19.9 Å². The van der Waals surface area contributed by atoms with Crippen molar-refractivity contribution < 1.29 is 31.9 Å². The van der Waals surface area contributed by atoms with Crippen molar-refractivity contribution in [3.05, 3.63) is 41.3 Å². The van der Waals surface area contributed by atoms with Gasteiger partial charge in [-0.1, -0.05) is 6.07 Å². The van der Waals surface area contributed by atoms with E-state index in [4.69, 9.17) is 0 Å². The van der Waals surface area contributed by atoms with Crippen LogP contribution in [0.15, 0.2) is 24.3 Å². The number of halogens is 4. The van der Waals surface area contributed by atoms with Crippen molar-refractivity contribution in [1.29, 1.82) is 0 Å². The standard InChI is InChI=1S/C25H30F4N6O3/c1-32-14-20(23(36)30-22-12-19(16-4-5-16)31-33(22)2)35(24(32)37)17-7-9-34(10-8-17)13-15-3-6-21(18(26)11-15)38-25(27,28)29/h3,6,11-12,16-17,20H,4-5,7-10,13-14H2,1-2H3,(H,30,36)/t20-/m1/s1. The maximum atomic E-state index is 14.1. The molecule has 206 valence electrons. The Balaban J connectivity index is 1.19. The molecule has 0 spiro atoms. The monoisotopic (exact) mass is 538 g/mol. The topological polar surface area (TPSA) is 82.9 Å². The minimum Gasteiger partial charge on any atom is -0.403 e. The second-order valence-electron chi connectivity index (χ2n) is 10.2. The molecule has 1 aliphatic carbocycles. The lowest BCUT2D eigenvalue weighted by Gasteiger charge is -2.38. The van der Waals surface area contributed by atoms with Gasteiger partial charge in [0.25, 0.3) is 0 Å². The first kappa shape index (κ1) is 26.3. The van der Waals surface area contributed by atoms with E-state index in [1.807, 2.05) is 11.0 Å². The number of carbonyl (C=O) groups excluding carboxylic acids is 2. The predicted molar refractivity (Wildman–Crippen MR) is 129 cm³/mol. The molecule has 1 N–H and O–H groups in total. The molecule has 5 rings (SSSR count). The maximum Gasteiger partial charge on any atom is 0.573 e. The lowest BCUT2D eigenvalue weighted by molar-refractivity contribution is -0.275. The third-order valence-electron chi connectivity index (χ3n) is 7.36.